The van der Waals surface area contributed by atoms with Crippen molar-refractivity contribution in [2.24, 2.45) is 10.7 Å². The van der Waals surface area contributed by atoms with Gasteiger partial charge < -0.3 is 20.5 Å². The molecular formula is C14H22ClN3O2. The highest BCUT2D eigenvalue weighted by molar-refractivity contribution is 6.30. The fourth-order valence-corrected chi connectivity index (χ4v) is 1.57. The van der Waals surface area contributed by atoms with Crippen LogP contribution < -0.4 is 15.8 Å². The van der Waals surface area contributed by atoms with Crippen LogP contribution in [0.25, 0.3) is 0 Å². The summed E-state index contributed by atoms with van der Waals surface area (Å²) in [5, 5.41) is 3.68. The highest BCUT2D eigenvalue weighted by Crippen LogP contribution is 2.14. The summed E-state index contributed by atoms with van der Waals surface area (Å²) in [6.07, 6.45) is 0.873. The van der Waals surface area contributed by atoms with Gasteiger partial charge in [0.2, 0.25) is 0 Å². The predicted molar refractivity (Wildman–Crippen MR) is 82.5 cm³/mol. The van der Waals surface area contributed by atoms with Gasteiger partial charge in [0.05, 0.1) is 6.54 Å². The van der Waals surface area contributed by atoms with E-state index >= 15 is 0 Å². The summed E-state index contributed by atoms with van der Waals surface area (Å²) in [4.78, 5) is 4.18. The van der Waals surface area contributed by atoms with Gasteiger partial charge in [-0.2, -0.15) is 0 Å². The van der Waals surface area contributed by atoms with E-state index in [0.717, 1.165) is 18.8 Å². The van der Waals surface area contributed by atoms with Crippen molar-refractivity contribution < 1.29 is 9.47 Å². The van der Waals surface area contributed by atoms with Gasteiger partial charge in [0.15, 0.2) is 5.96 Å². The van der Waals surface area contributed by atoms with Crippen LogP contribution in [0.2, 0.25) is 5.02 Å². The maximum absolute atomic E-state index is 5.79. The highest BCUT2D eigenvalue weighted by atomic mass is 35.5. The van der Waals surface area contributed by atoms with E-state index < -0.39 is 0 Å². The lowest BCUT2D eigenvalue weighted by molar-refractivity contribution is 0.146. The van der Waals surface area contributed by atoms with E-state index in [9.17, 15) is 0 Å². The zero-order chi connectivity index (χ0) is 14.6. The van der Waals surface area contributed by atoms with E-state index in [2.05, 4.69) is 10.3 Å². The minimum absolute atomic E-state index is 0.432. The molecule has 0 aliphatic rings. The number of nitrogens with zero attached hydrogens (tertiary/aromatic N) is 1. The summed E-state index contributed by atoms with van der Waals surface area (Å²) < 4.78 is 10.7. The number of guanidine groups is 1. The first-order valence-corrected chi connectivity index (χ1v) is 7.10. The van der Waals surface area contributed by atoms with Crippen LogP contribution in [0.3, 0.4) is 0 Å². The Morgan fingerprint density at radius 1 is 1.30 bits per heavy atom. The summed E-state index contributed by atoms with van der Waals surface area (Å²) in [5.74, 6) is 1.21. The van der Waals surface area contributed by atoms with Crippen molar-refractivity contribution in [3.63, 3.8) is 0 Å². The van der Waals surface area contributed by atoms with Gasteiger partial charge in [-0.15, -0.1) is 0 Å². The number of hydrogen-bond acceptors (Lipinski definition) is 3. The Labute approximate surface area is 125 Å². The molecule has 20 heavy (non-hydrogen) atoms. The molecule has 0 saturated heterocycles. The van der Waals surface area contributed by atoms with Gasteiger partial charge in [0, 0.05) is 24.8 Å². The second kappa shape index (κ2) is 10.3. The van der Waals surface area contributed by atoms with Crippen LogP contribution in [0, 0.1) is 0 Å². The first-order chi connectivity index (χ1) is 9.72. The molecule has 0 aliphatic carbocycles. The maximum Gasteiger partial charge on any atom is 0.188 e. The van der Waals surface area contributed by atoms with E-state index in [1.165, 1.54) is 0 Å². The molecule has 0 unspecified atom stereocenters. The molecule has 112 valence electrons. The molecule has 0 aliphatic heterocycles. The highest BCUT2D eigenvalue weighted by Gasteiger charge is 1.95. The molecule has 1 aromatic rings. The molecule has 5 nitrogen and oxygen atoms in total. The molecule has 1 aromatic carbocycles. The molecule has 0 radical (unpaired) electrons. The van der Waals surface area contributed by atoms with Crippen molar-refractivity contribution in [2.75, 3.05) is 32.9 Å². The lowest BCUT2D eigenvalue weighted by Crippen LogP contribution is -2.34. The summed E-state index contributed by atoms with van der Waals surface area (Å²) >= 11 is 5.79. The molecule has 0 spiro atoms. The SMILES string of the molecule is CCOCCCN=C(N)NCCOc1ccc(Cl)cc1. The third-order valence-electron chi connectivity index (χ3n) is 2.42. The molecule has 0 heterocycles. The number of nitrogens with two attached hydrogens (primary N) is 1. The third kappa shape index (κ3) is 7.86. The standard InChI is InChI=1S/C14H22ClN3O2/c1-2-19-10-3-8-17-14(16)18-9-11-20-13-6-4-12(15)5-7-13/h4-7H,2-3,8-11H2,1H3,(H3,16,17,18). The lowest BCUT2D eigenvalue weighted by Gasteiger charge is -2.08. The molecule has 0 bridgehead atoms. The number of ether oxygens (including phenoxy) is 2. The first-order valence-electron chi connectivity index (χ1n) is 6.72. The van der Waals surface area contributed by atoms with E-state index in [1.54, 1.807) is 12.1 Å². The van der Waals surface area contributed by atoms with Crippen LogP contribution in [0.15, 0.2) is 29.3 Å². The molecule has 0 aromatic heterocycles. The zero-order valence-corrected chi connectivity index (χ0v) is 12.5. The maximum atomic E-state index is 5.79. The number of hydrogen-bond donors (Lipinski definition) is 2. The Bertz CT molecular complexity index is 396. The molecule has 3 N–H and O–H groups in total. The van der Waals surface area contributed by atoms with E-state index in [0.29, 0.717) is 37.3 Å². The summed E-state index contributed by atoms with van der Waals surface area (Å²) in [6, 6.07) is 7.23. The second-order valence-electron chi connectivity index (χ2n) is 4.05. The van der Waals surface area contributed by atoms with Gasteiger partial charge in [0.1, 0.15) is 12.4 Å². The van der Waals surface area contributed by atoms with Crippen LogP contribution in [-0.2, 0) is 4.74 Å². The largest absolute Gasteiger partial charge is 0.492 e. The normalized spacial score (nSPS) is 11.4. The van der Waals surface area contributed by atoms with Crippen molar-refractivity contribution in [1.82, 2.24) is 5.32 Å². The smallest absolute Gasteiger partial charge is 0.188 e. The summed E-state index contributed by atoms with van der Waals surface area (Å²) in [7, 11) is 0. The molecule has 1 rings (SSSR count). The quantitative estimate of drug-likeness (QED) is 0.416. The van der Waals surface area contributed by atoms with Crippen LogP contribution in [0.1, 0.15) is 13.3 Å². The Morgan fingerprint density at radius 2 is 2.05 bits per heavy atom. The van der Waals surface area contributed by atoms with E-state index in [1.807, 2.05) is 19.1 Å². The number of benzene rings is 1. The Kier molecular flexibility index (Phi) is 8.58. The third-order valence-corrected chi connectivity index (χ3v) is 2.68. The fraction of sp³-hybridized carbons (Fsp3) is 0.500. The van der Waals surface area contributed by atoms with E-state index in [-0.39, 0.29) is 0 Å². The molecule has 0 saturated carbocycles. The van der Waals surface area contributed by atoms with Gasteiger partial charge in [-0.3, -0.25) is 4.99 Å². The van der Waals surface area contributed by atoms with Crippen LogP contribution in [0.5, 0.6) is 5.75 Å². The number of nitrogens with one attached hydrogen (secondary N) is 1. The second-order valence-corrected chi connectivity index (χ2v) is 4.48. The van der Waals surface area contributed by atoms with Crippen LogP contribution in [-0.4, -0.2) is 38.9 Å². The molecule has 0 atom stereocenters. The zero-order valence-electron chi connectivity index (χ0n) is 11.8. The molecule has 6 heteroatoms. The van der Waals surface area contributed by atoms with Crippen molar-refractivity contribution in [2.45, 2.75) is 13.3 Å². The van der Waals surface area contributed by atoms with Crippen molar-refractivity contribution in [1.29, 1.82) is 0 Å². The average Bonchev–Trinajstić information content (AvgIpc) is 2.45. The molecular weight excluding hydrogens is 278 g/mol. The van der Waals surface area contributed by atoms with Crippen LogP contribution in [0.4, 0.5) is 0 Å². The monoisotopic (exact) mass is 299 g/mol. The van der Waals surface area contributed by atoms with E-state index in [4.69, 9.17) is 26.8 Å². The number of halogens is 1. The Balaban J connectivity index is 2.07. The topological polar surface area (TPSA) is 68.9 Å². The van der Waals surface area contributed by atoms with Crippen molar-refractivity contribution in [3.8, 4) is 5.75 Å². The number of rotatable bonds is 9. The Hall–Kier alpha value is -1.46. The lowest BCUT2D eigenvalue weighted by atomic mass is 10.3. The van der Waals surface area contributed by atoms with Gasteiger partial charge in [0.25, 0.3) is 0 Å². The van der Waals surface area contributed by atoms with Gasteiger partial charge in [-0.1, -0.05) is 11.6 Å². The predicted octanol–water partition coefficient (Wildman–Crippen LogP) is 2.05. The molecule has 0 fully saturated rings. The Morgan fingerprint density at radius 3 is 2.75 bits per heavy atom. The average molecular weight is 300 g/mol. The minimum atomic E-state index is 0.432. The number of aliphatic imine (C=N–C) groups is 1. The summed E-state index contributed by atoms with van der Waals surface area (Å²) in [6.45, 7) is 5.20. The first kappa shape index (κ1) is 16.6. The van der Waals surface area contributed by atoms with Gasteiger partial charge in [-0.25, -0.2) is 0 Å². The van der Waals surface area contributed by atoms with Crippen molar-refractivity contribution >= 4 is 17.6 Å². The van der Waals surface area contributed by atoms with Gasteiger partial charge >= 0.3 is 0 Å². The summed E-state index contributed by atoms with van der Waals surface area (Å²) in [5.41, 5.74) is 5.71. The fourth-order valence-electron chi connectivity index (χ4n) is 1.45. The minimum Gasteiger partial charge on any atom is -0.492 e. The molecule has 0 amide bonds. The van der Waals surface area contributed by atoms with Crippen LogP contribution >= 0.6 is 11.6 Å². The van der Waals surface area contributed by atoms with Crippen molar-refractivity contribution in [3.05, 3.63) is 29.3 Å². The van der Waals surface area contributed by atoms with Gasteiger partial charge in [-0.05, 0) is 37.6 Å².